The fraction of sp³-hybridized carbons (Fsp3) is 0.423. The number of ether oxygens (including phenoxy) is 1. The summed E-state index contributed by atoms with van der Waals surface area (Å²) in [4.78, 5) is 38.9. The van der Waals surface area contributed by atoms with E-state index in [1.54, 1.807) is 0 Å². The van der Waals surface area contributed by atoms with Crippen LogP contribution in [0.1, 0.15) is 50.7 Å². The third kappa shape index (κ3) is 4.45. The molecule has 2 aromatic carbocycles. The van der Waals surface area contributed by atoms with Crippen LogP contribution >= 0.6 is 0 Å². The molecule has 33 heavy (non-hydrogen) atoms. The van der Waals surface area contributed by atoms with Gasteiger partial charge in [-0.25, -0.2) is 9.59 Å². The van der Waals surface area contributed by atoms with Crippen molar-refractivity contribution < 1.29 is 24.2 Å². The Morgan fingerprint density at radius 2 is 1.64 bits per heavy atom. The van der Waals surface area contributed by atoms with E-state index in [-0.39, 0.29) is 18.4 Å². The van der Waals surface area contributed by atoms with Gasteiger partial charge in [-0.1, -0.05) is 69.3 Å². The number of carbonyl (C=O) groups is 3. The number of carboxylic acids is 1. The molecule has 0 saturated carbocycles. The molecular formula is C26H30N2O5. The van der Waals surface area contributed by atoms with Crippen molar-refractivity contribution in [1.82, 2.24) is 10.2 Å². The summed E-state index contributed by atoms with van der Waals surface area (Å²) in [6.07, 6.45) is 0.365. The van der Waals surface area contributed by atoms with Gasteiger partial charge in [-0.2, -0.15) is 0 Å². The van der Waals surface area contributed by atoms with E-state index < -0.39 is 29.6 Å². The summed E-state index contributed by atoms with van der Waals surface area (Å²) in [5.41, 5.74) is 3.87. The number of rotatable bonds is 5. The summed E-state index contributed by atoms with van der Waals surface area (Å²) in [6, 6.07) is 14.4. The molecule has 2 aliphatic rings. The first kappa shape index (κ1) is 22.8. The van der Waals surface area contributed by atoms with E-state index in [4.69, 9.17) is 4.74 Å². The predicted molar refractivity (Wildman–Crippen MR) is 124 cm³/mol. The molecule has 174 valence electrons. The minimum Gasteiger partial charge on any atom is -0.480 e. The molecule has 1 aliphatic heterocycles. The van der Waals surface area contributed by atoms with Gasteiger partial charge in [0.25, 0.3) is 0 Å². The van der Waals surface area contributed by atoms with Gasteiger partial charge in [0.15, 0.2) is 0 Å². The molecular weight excluding hydrogens is 420 g/mol. The molecule has 4 rings (SSSR count). The molecule has 2 aromatic rings. The lowest BCUT2D eigenvalue weighted by Crippen LogP contribution is -2.56. The second-order valence-corrected chi connectivity index (χ2v) is 9.80. The van der Waals surface area contributed by atoms with Crippen molar-refractivity contribution in [2.45, 2.75) is 51.6 Å². The van der Waals surface area contributed by atoms with Crippen molar-refractivity contribution in [1.29, 1.82) is 0 Å². The van der Waals surface area contributed by atoms with Crippen LogP contribution in [0.25, 0.3) is 11.1 Å². The minimum absolute atomic E-state index is 0.0816. The van der Waals surface area contributed by atoms with E-state index in [9.17, 15) is 19.5 Å². The number of fused-ring (bicyclic) bond motifs is 3. The standard InChI is InChI=1S/C26H30N2O5/c1-26(2,3)22(23(29)28-14-8-13-21(28)24(30)31)27-25(32)33-15-20-18-11-6-4-9-16(18)17-10-5-7-12-19(17)20/h4-7,9-12,20-22H,8,13-15H2,1-3H3,(H,27,32)(H,30,31)/t21-,22-/m0/s1. The van der Waals surface area contributed by atoms with Crippen molar-refractivity contribution in [2.75, 3.05) is 13.2 Å². The van der Waals surface area contributed by atoms with Crippen LogP contribution in [-0.2, 0) is 14.3 Å². The van der Waals surface area contributed by atoms with Crippen molar-refractivity contribution in [3.05, 3.63) is 59.7 Å². The van der Waals surface area contributed by atoms with Gasteiger partial charge in [0.1, 0.15) is 18.7 Å². The number of amides is 2. The summed E-state index contributed by atoms with van der Waals surface area (Å²) < 4.78 is 5.62. The lowest BCUT2D eigenvalue weighted by Gasteiger charge is -2.34. The number of hydrogen-bond donors (Lipinski definition) is 2. The van der Waals surface area contributed by atoms with E-state index in [0.717, 1.165) is 22.3 Å². The number of benzene rings is 2. The normalized spacial score (nSPS) is 18.4. The summed E-state index contributed by atoms with van der Waals surface area (Å²) in [7, 11) is 0. The van der Waals surface area contributed by atoms with Crippen LogP contribution < -0.4 is 5.32 Å². The van der Waals surface area contributed by atoms with Gasteiger partial charge >= 0.3 is 12.1 Å². The summed E-state index contributed by atoms with van der Waals surface area (Å²) in [5, 5.41) is 12.2. The zero-order valence-electron chi connectivity index (χ0n) is 19.2. The molecule has 2 atom stereocenters. The Morgan fingerprint density at radius 1 is 1.06 bits per heavy atom. The predicted octanol–water partition coefficient (Wildman–Crippen LogP) is 4.02. The number of likely N-dealkylation sites (tertiary alicyclic amines) is 1. The number of alkyl carbamates (subject to hydrolysis) is 1. The van der Waals surface area contributed by atoms with Gasteiger partial charge in [0.05, 0.1) is 0 Å². The number of carbonyl (C=O) groups excluding carboxylic acids is 2. The molecule has 0 bridgehead atoms. The van der Waals surface area contributed by atoms with Crippen LogP contribution in [0.15, 0.2) is 48.5 Å². The Balaban J connectivity index is 1.47. The Kier molecular flexibility index (Phi) is 6.15. The quantitative estimate of drug-likeness (QED) is 0.717. The summed E-state index contributed by atoms with van der Waals surface area (Å²) >= 11 is 0. The number of nitrogens with one attached hydrogen (secondary N) is 1. The van der Waals surface area contributed by atoms with Crippen LogP contribution in [0, 0.1) is 5.41 Å². The number of hydrogen-bond acceptors (Lipinski definition) is 4. The van der Waals surface area contributed by atoms with Crippen LogP contribution in [0.3, 0.4) is 0 Å². The van der Waals surface area contributed by atoms with E-state index in [1.165, 1.54) is 4.90 Å². The first-order valence-electron chi connectivity index (χ1n) is 11.3. The zero-order chi connectivity index (χ0) is 23.8. The topological polar surface area (TPSA) is 95.9 Å². The molecule has 0 unspecified atom stereocenters. The molecule has 1 saturated heterocycles. The first-order valence-corrected chi connectivity index (χ1v) is 11.3. The highest BCUT2D eigenvalue weighted by Gasteiger charge is 2.42. The first-order chi connectivity index (χ1) is 15.7. The molecule has 0 radical (unpaired) electrons. The van der Waals surface area contributed by atoms with E-state index >= 15 is 0 Å². The maximum Gasteiger partial charge on any atom is 0.407 e. The van der Waals surface area contributed by atoms with Crippen molar-refractivity contribution in [3.63, 3.8) is 0 Å². The maximum atomic E-state index is 13.2. The Morgan fingerprint density at radius 3 is 2.18 bits per heavy atom. The zero-order valence-corrected chi connectivity index (χ0v) is 19.2. The highest BCUT2D eigenvalue weighted by atomic mass is 16.5. The van der Waals surface area contributed by atoms with Crippen LogP contribution in [0.5, 0.6) is 0 Å². The Labute approximate surface area is 193 Å². The molecule has 1 aliphatic carbocycles. The molecule has 1 heterocycles. The van der Waals surface area contributed by atoms with Crippen LogP contribution in [0.4, 0.5) is 4.79 Å². The van der Waals surface area contributed by atoms with E-state index in [1.807, 2.05) is 57.2 Å². The lowest BCUT2D eigenvalue weighted by molar-refractivity contribution is -0.150. The number of aliphatic carboxylic acids is 1. The van der Waals surface area contributed by atoms with Gasteiger partial charge in [0.2, 0.25) is 5.91 Å². The average Bonchev–Trinajstić information content (AvgIpc) is 3.38. The number of nitrogens with zero attached hydrogens (tertiary/aromatic N) is 1. The van der Waals surface area contributed by atoms with Crippen molar-refractivity contribution >= 4 is 18.0 Å². The van der Waals surface area contributed by atoms with Gasteiger partial charge in [-0.3, -0.25) is 4.79 Å². The van der Waals surface area contributed by atoms with Gasteiger partial charge in [-0.15, -0.1) is 0 Å². The van der Waals surface area contributed by atoms with Crippen LogP contribution in [-0.4, -0.2) is 53.2 Å². The highest BCUT2D eigenvalue weighted by Crippen LogP contribution is 2.44. The monoisotopic (exact) mass is 450 g/mol. The highest BCUT2D eigenvalue weighted by molar-refractivity contribution is 5.90. The molecule has 1 fully saturated rings. The molecule has 0 aromatic heterocycles. The molecule has 0 spiro atoms. The molecule has 2 N–H and O–H groups in total. The molecule has 7 heteroatoms. The van der Waals surface area contributed by atoms with Crippen LogP contribution in [0.2, 0.25) is 0 Å². The SMILES string of the molecule is CC(C)(C)[C@@H](NC(=O)OCC1c2ccccc2-c2ccccc21)C(=O)N1CCC[C@H]1C(=O)O. The third-order valence-electron chi connectivity index (χ3n) is 6.54. The Hall–Kier alpha value is -3.35. The molecule has 7 nitrogen and oxygen atoms in total. The smallest absolute Gasteiger partial charge is 0.407 e. The van der Waals surface area contributed by atoms with Gasteiger partial charge in [-0.05, 0) is 40.5 Å². The number of carboxylic acid groups (broad SMARTS) is 1. The third-order valence-corrected chi connectivity index (χ3v) is 6.54. The minimum atomic E-state index is -1.02. The fourth-order valence-electron chi connectivity index (χ4n) is 4.86. The van der Waals surface area contributed by atoms with Gasteiger partial charge in [0, 0.05) is 12.5 Å². The Bertz CT molecular complexity index is 1030. The second kappa shape index (κ2) is 8.89. The van der Waals surface area contributed by atoms with E-state index in [2.05, 4.69) is 17.4 Å². The summed E-state index contributed by atoms with van der Waals surface area (Å²) in [5.74, 6) is -1.49. The fourth-order valence-corrected chi connectivity index (χ4v) is 4.86. The molecule has 2 amide bonds. The second-order valence-electron chi connectivity index (χ2n) is 9.80. The largest absolute Gasteiger partial charge is 0.480 e. The maximum absolute atomic E-state index is 13.2. The average molecular weight is 451 g/mol. The van der Waals surface area contributed by atoms with Crippen molar-refractivity contribution in [3.8, 4) is 11.1 Å². The van der Waals surface area contributed by atoms with Gasteiger partial charge < -0.3 is 20.1 Å². The van der Waals surface area contributed by atoms with Crippen molar-refractivity contribution in [2.24, 2.45) is 5.41 Å². The summed E-state index contributed by atoms with van der Waals surface area (Å²) in [6.45, 7) is 6.03. The lowest BCUT2D eigenvalue weighted by atomic mass is 9.85. The van der Waals surface area contributed by atoms with E-state index in [0.29, 0.717) is 19.4 Å².